The molecule has 0 radical (unpaired) electrons. The first-order valence-electron chi connectivity index (χ1n) is 5.92. The lowest BCUT2D eigenvalue weighted by Crippen LogP contribution is -2.63. The summed E-state index contributed by atoms with van der Waals surface area (Å²) in [5.41, 5.74) is -0.776. The number of aliphatic imine (C=N–C) groups is 1. The summed E-state index contributed by atoms with van der Waals surface area (Å²) in [6, 6.07) is 0. The molecule has 1 spiro atoms. The number of rotatable bonds is 0. The van der Waals surface area contributed by atoms with Gasteiger partial charge in [0.2, 0.25) is 17.8 Å². The second-order valence-electron chi connectivity index (χ2n) is 4.76. The number of nitrogens with zero attached hydrogens (tertiary/aromatic N) is 2. The van der Waals surface area contributed by atoms with E-state index in [9.17, 15) is 9.59 Å². The van der Waals surface area contributed by atoms with E-state index in [1.807, 2.05) is 0 Å². The first-order valence-corrected chi connectivity index (χ1v) is 5.92. The quantitative estimate of drug-likeness (QED) is 0.597. The molecule has 0 aromatic carbocycles. The fourth-order valence-electron chi connectivity index (χ4n) is 2.92. The molecule has 2 fully saturated rings. The highest BCUT2D eigenvalue weighted by atomic mass is 16.2. The fraction of sp³-hybridized carbons (Fsp3) is 0.727. The van der Waals surface area contributed by atoms with Gasteiger partial charge in [0.1, 0.15) is 5.41 Å². The smallest absolute Gasteiger partial charge is 0.245 e. The van der Waals surface area contributed by atoms with Gasteiger partial charge in [-0.2, -0.15) is 0 Å². The molecule has 2 heterocycles. The number of guanidine groups is 1. The Morgan fingerprint density at radius 2 is 1.94 bits per heavy atom. The Hall–Kier alpha value is -1.39. The van der Waals surface area contributed by atoms with E-state index in [-0.39, 0.29) is 11.8 Å². The van der Waals surface area contributed by atoms with Crippen LogP contribution >= 0.6 is 0 Å². The van der Waals surface area contributed by atoms with E-state index in [1.54, 1.807) is 4.90 Å². The molecule has 3 rings (SSSR count). The summed E-state index contributed by atoms with van der Waals surface area (Å²) in [5.74, 6) is 0.312. The van der Waals surface area contributed by atoms with Crippen LogP contribution in [0, 0.1) is 5.41 Å². The molecule has 86 valence electrons. The number of nitrogens with one attached hydrogen (secondary N) is 1. The second-order valence-corrected chi connectivity index (χ2v) is 4.76. The summed E-state index contributed by atoms with van der Waals surface area (Å²) in [6.45, 7) is 1.23. The standard InChI is InChI=1S/C11H15N3O2/c15-8-11(4-2-1-3-5-11)9(16)14-7-6-12-10(14)13-8/h1-7H2,(H,12,13,15). The number of amides is 2. The van der Waals surface area contributed by atoms with E-state index in [1.165, 1.54) is 0 Å². The number of fused-ring (bicyclic) bond motifs is 1. The van der Waals surface area contributed by atoms with Gasteiger partial charge in [0.15, 0.2) is 0 Å². The van der Waals surface area contributed by atoms with Crippen LogP contribution in [-0.4, -0.2) is 35.8 Å². The minimum atomic E-state index is -0.776. The van der Waals surface area contributed by atoms with Gasteiger partial charge in [0, 0.05) is 6.54 Å². The van der Waals surface area contributed by atoms with Crippen LogP contribution in [0.3, 0.4) is 0 Å². The Kier molecular flexibility index (Phi) is 2.02. The van der Waals surface area contributed by atoms with Crippen LogP contribution in [0.25, 0.3) is 0 Å². The maximum atomic E-state index is 12.4. The number of hydrogen-bond donors (Lipinski definition) is 1. The molecule has 0 bridgehead atoms. The van der Waals surface area contributed by atoms with Crippen molar-refractivity contribution < 1.29 is 9.59 Å². The van der Waals surface area contributed by atoms with Gasteiger partial charge in [-0.15, -0.1) is 0 Å². The Labute approximate surface area is 93.9 Å². The molecule has 0 aromatic heterocycles. The largest absolute Gasteiger partial charge is 0.295 e. The molecule has 5 heteroatoms. The monoisotopic (exact) mass is 221 g/mol. The highest BCUT2D eigenvalue weighted by molar-refractivity contribution is 6.20. The van der Waals surface area contributed by atoms with Gasteiger partial charge in [-0.3, -0.25) is 24.8 Å². The zero-order chi connectivity index (χ0) is 11.2. The van der Waals surface area contributed by atoms with Gasteiger partial charge in [0.05, 0.1) is 6.54 Å². The lowest BCUT2D eigenvalue weighted by Gasteiger charge is -2.41. The SMILES string of the molecule is O=C1NC2=NCCN2C(=O)C12CCCCC2. The molecular weight excluding hydrogens is 206 g/mol. The topological polar surface area (TPSA) is 61.8 Å². The summed E-state index contributed by atoms with van der Waals surface area (Å²) in [4.78, 5) is 30.2. The number of carbonyl (C=O) groups excluding carboxylic acids is 2. The minimum absolute atomic E-state index is 0.0211. The summed E-state index contributed by atoms with van der Waals surface area (Å²) in [5, 5.41) is 2.79. The maximum Gasteiger partial charge on any atom is 0.245 e. The zero-order valence-electron chi connectivity index (χ0n) is 9.16. The first kappa shape index (κ1) is 9.81. The second kappa shape index (κ2) is 3.30. The van der Waals surface area contributed by atoms with Crippen molar-refractivity contribution in [1.29, 1.82) is 0 Å². The summed E-state index contributed by atoms with van der Waals surface area (Å²) in [7, 11) is 0. The number of carbonyl (C=O) groups is 2. The highest BCUT2D eigenvalue weighted by Crippen LogP contribution is 2.40. The normalized spacial score (nSPS) is 27.8. The Morgan fingerprint density at radius 1 is 1.19 bits per heavy atom. The molecule has 0 aromatic rings. The zero-order valence-corrected chi connectivity index (χ0v) is 9.16. The van der Waals surface area contributed by atoms with Crippen LogP contribution in [0.2, 0.25) is 0 Å². The van der Waals surface area contributed by atoms with Crippen molar-refractivity contribution >= 4 is 17.8 Å². The number of hydrogen-bond acceptors (Lipinski definition) is 3. The van der Waals surface area contributed by atoms with Gasteiger partial charge < -0.3 is 0 Å². The summed E-state index contributed by atoms with van der Waals surface area (Å²) in [6.07, 6.45) is 4.46. The molecule has 1 saturated heterocycles. The van der Waals surface area contributed by atoms with E-state index in [2.05, 4.69) is 10.3 Å². The molecule has 5 nitrogen and oxygen atoms in total. The van der Waals surface area contributed by atoms with Crippen LogP contribution < -0.4 is 5.32 Å². The van der Waals surface area contributed by atoms with Crippen LogP contribution in [0.15, 0.2) is 4.99 Å². The summed E-state index contributed by atoms with van der Waals surface area (Å²) >= 11 is 0. The van der Waals surface area contributed by atoms with Crippen molar-refractivity contribution in [2.75, 3.05) is 13.1 Å². The van der Waals surface area contributed by atoms with Crippen molar-refractivity contribution in [3.8, 4) is 0 Å². The predicted molar refractivity (Wildman–Crippen MR) is 57.7 cm³/mol. The van der Waals surface area contributed by atoms with Crippen molar-refractivity contribution in [3.05, 3.63) is 0 Å². The Bertz CT molecular complexity index is 383. The van der Waals surface area contributed by atoms with Gasteiger partial charge >= 0.3 is 0 Å². The fourth-order valence-corrected chi connectivity index (χ4v) is 2.92. The third kappa shape index (κ3) is 1.14. The molecule has 1 aliphatic carbocycles. The molecule has 2 aliphatic heterocycles. The van der Waals surface area contributed by atoms with Crippen LogP contribution in [-0.2, 0) is 9.59 Å². The average Bonchev–Trinajstić information content (AvgIpc) is 2.76. The molecular formula is C11H15N3O2. The van der Waals surface area contributed by atoms with Gasteiger partial charge in [-0.05, 0) is 12.8 Å². The van der Waals surface area contributed by atoms with Crippen molar-refractivity contribution in [2.24, 2.45) is 10.4 Å². The minimum Gasteiger partial charge on any atom is -0.295 e. The molecule has 1 N–H and O–H groups in total. The molecule has 1 saturated carbocycles. The van der Waals surface area contributed by atoms with E-state index < -0.39 is 5.41 Å². The molecule has 0 atom stereocenters. The van der Waals surface area contributed by atoms with E-state index in [0.29, 0.717) is 31.9 Å². The van der Waals surface area contributed by atoms with Gasteiger partial charge in [-0.1, -0.05) is 19.3 Å². The first-order chi connectivity index (χ1) is 7.74. The van der Waals surface area contributed by atoms with Gasteiger partial charge in [-0.25, -0.2) is 0 Å². The van der Waals surface area contributed by atoms with E-state index in [4.69, 9.17) is 0 Å². The molecule has 2 amide bonds. The van der Waals surface area contributed by atoms with Crippen LogP contribution in [0.1, 0.15) is 32.1 Å². The molecule has 16 heavy (non-hydrogen) atoms. The maximum absolute atomic E-state index is 12.4. The predicted octanol–water partition coefficient (Wildman–Crippen LogP) is 0.265. The Balaban J connectivity index is 1.96. The van der Waals surface area contributed by atoms with Crippen LogP contribution in [0.5, 0.6) is 0 Å². The van der Waals surface area contributed by atoms with E-state index in [0.717, 1.165) is 19.3 Å². The highest BCUT2D eigenvalue weighted by Gasteiger charge is 2.53. The summed E-state index contributed by atoms with van der Waals surface area (Å²) < 4.78 is 0. The average molecular weight is 221 g/mol. The van der Waals surface area contributed by atoms with Gasteiger partial charge in [0.25, 0.3) is 0 Å². The van der Waals surface area contributed by atoms with Crippen molar-refractivity contribution in [2.45, 2.75) is 32.1 Å². The van der Waals surface area contributed by atoms with Crippen molar-refractivity contribution in [3.63, 3.8) is 0 Å². The third-order valence-corrected chi connectivity index (χ3v) is 3.86. The van der Waals surface area contributed by atoms with Crippen molar-refractivity contribution in [1.82, 2.24) is 10.2 Å². The molecule has 0 unspecified atom stereocenters. The Morgan fingerprint density at radius 3 is 2.69 bits per heavy atom. The third-order valence-electron chi connectivity index (χ3n) is 3.86. The lowest BCUT2D eigenvalue weighted by atomic mass is 9.71. The van der Waals surface area contributed by atoms with Crippen LogP contribution in [0.4, 0.5) is 0 Å². The molecule has 3 aliphatic rings. The van der Waals surface area contributed by atoms with E-state index >= 15 is 0 Å². The lowest BCUT2D eigenvalue weighted by molar-refractivity contribution is -0.152.